The van der Waals surface area contributed by atoms with E-state index in [0.29, 0.717) is 12.8 Å². The van der Waals surface area contributed by atoms with E-state index < -0.39 is 6.10 Å². The maximum Gasteiger partial charge on any atom is 0.306 e. The Labute approximate surface area is 246 Å². The van der Waals surface area contributed by atoms with E-state index in [1.165, 1.54) is 38.5 Å². The summed E-state index contributed by atoms with van der Waals surface area (Å²) in [5, 5.41) is 9.47. The zero-order valence-electron chi connectivity index (χ0n) is 25.8. The molecule has 1 atom stereocenters. The number of unbranched alkanes of at least 4 members (excludes halogenated alkanes) is 12. The van der Waals surface area contributed by atoms with E-state index in [2.05, 4.69) is 62.5 Å². The number of aliphatic hydroxyl groups is 1. The Kier molecular flexibility index (Phi) is 29.7. The van der Waals surface area contributed by atoms with Crippen LogP contribution in [0.25, 0.3) is 0 Å². The van der Waals surface area contributed by atoms with Gasteiger partial charge in [0, 0.05) is 12.8 Å². The molecule has 0 aromatic heterocycles. The Morgan fingerprint density at radius 1 is 0.600 bits per heavy atom. The van der Waals surface area contributed by atoms with Crippen molar-refractivity contribution in [2.24, 2.45) is 0 Å². The molecule has 40 heavy (non-hydrogen) atoms. The number of hydrogen-bond acceptors (Lipinski definition) is 5. The van der Waals surface area contributed by atoms with E-state index in [1.54, 1.807) is 0 Å². The fourth-order valence-electron chi connectivity index (χ4n) is 4.19. The van der Waals surface area contributed by atoms with E-state index in [1.807, 2.05) is 0 Å². The number of carbonyl (C=O) groups is 2. The normalized spacial score (nSPS) is 12.8. The molecule has 0 saturated heterocycles. The van der Waals surface area contributed by atoms with Gasteiger partial charge >= 0.3 is 11.9 Å². The Balaban J connectivity index is 3.66. The van der Waals surface area contributed by atoms with E-state index in [4.69, 9.17) is 9.47 Å². The van der Waals surface area contributed by atoms with Crippen molar-refractivity contribution in [1.82, 2.24) is 0 Å². The van der Waals surface area contributed by atoms with Crippen LogP contribution in [0.3, 0.4) is 0 Å². The topological polar surface area (TPSA) is 72.8 Å². The first-order valence-corrected chi connectivity index (χ1v) is 16.2. The molecule has 0 aromatic carbocycles. The van der Waals surface area contributed by atoms with Gasteiger partial charge in [0.1, 0.15) is 6.61 Å². The second-order valence-corrected chi connectivity index (χ2v) is 10.5. The van der Waals surface area contributed by atoms with Crippen LogP contribution in [0.15, 0.2) is 48.6 Å². The molecule has 0 bridgehead atoms. The number of carbonyl (C=O) groups excluding carboxylic acids is 2. The SMILES string of the molecule is CC/C=C/C/C=C/C/C=C/C/C=C/CCCCCCC(=O)OCC(CO)OC(=O)CCCCCCCCCCC. The predicted octanol–water partition coefficient (Wildman–Crippen LogP) is 9.50. The fraction of sp³-hybridized carbons (Fsp3) is 0.714. The molecule has 1 N–H and O–H groups in total. The molecule has 0 radical (unpaired) electrons. The highest BCUT2D eigenvalue weighted by molar-refractivity contribution is 5.70. The van der Waals surface area contributed by atoms with Crippen LogP contribution in [-0.4, -0.2) is 36.4 Å². The van der Waals surface area contributed by atoms with Crippen LogP contribution < -0.4 is 0 Å². The van der Waals surface area contributed by atoms with Gasteiger partial charge in [0.2, 0.25) is 0 Å². The van der Waals surface area contributed by atoms with E-state index in [9.17, 15) is 14.7 Å². The van der Waals surface area contributed by atoms with Gasteiger partial charge in [-0.2, -0.15) is 0 Å². The minimum atomic E-state index is -0.777. The zero-order chi connectivity index (χ0) is 29.4. The molecular weight excluding hydrogens is 500 g/mol. The minimum absolute atomic E-state index is 0.0787. The summed E-state index contributed by atoms with van der Waals surface area (Å²) < 4.78 is 10.5. The zero-order valence-corrected chi connectivity index (χ0v) is 25.8. The van der Waals surface area contributed by atoms with E-state index in [-0.39, 0.29) is 25.2 Å². The Morgan fingerprint density at radius 3 is 1.62 bits per heavy atom. The van der Waals surface area contributed by atoms with Gasteiger partial charge in [-0.1, -0.05) is 127 Å². The first kappa shape index (κ1) is 37.9. The van der Waals surface area contributed by atoms with Crippen molar-refractivity contribution >= 4 is 11.9 Å². The van der Waals surface area contributed by atoms with Crippen molar-refractivity contribution in [1.29, 1.82) is 0 Å². The van der Waals surface area contributed by atoms with Crippen LogP contribution in [-0.2, 0) is 19.1 Å². The highest BCUT2D eigenvalue weighted by Gasteiger charge is 2.16. The van der Waals surface area contributed by atoms with Gasteiger partial charge < -0.3 is 14.6 Å². The summed E-state index contributed by atoms with van der Waals surface area (Å²) in [6.07, 6.45) is 37.4. The van der Waals surface area contributed by atoms with Crippen LogP contribution in [0.2, 0.25) is 0 Å². The summed E-state index contributed by atoms with van der Waals surface area (Å²) >= 11 is 0. The summed E-state index contributed by atoms with van der Waals surface area (Å²) in [6.45, 7) is 3.95. The molecule has 5 heteroatoms. The average Bonchev–Trinajstić information content (AvgIpc) is 2.96. The lowest BCUT2D eigenvalue weighted by molar-refractivity contribution is -0.161. The number of aliphatic hydroxyl groups excluding tert-OH is 1. The number of allylic oxidation sites excluding steroid dienone is 8. The third-order valence-corrected chi connectivity index (χ3v) is 6.64. The second kappa shape index (κ2) is 31.4. The lowest BCUT2D eigenvalue weighted by Gasteiger charge is -2.15. The lowest BCUT2D eigenvalue weighted by atomic mass is 10.1. The van der Waals surface area contributed by atoms with E-state index >= 15 is 0 Å². The fourth-order valence-corrected chi connectivity index (χ4v) is 4.19. The molecule has 0 rings (SSSR count). The second-order valence-electron chi connectivity index (χ2n) is 10.5. The van der Waals surface area contributed by atoms with Crippen LogP contribution in [0.5, 0.6) is 0 Å². The molecule has 5 nitrogen and oxygen atoms in total. The van der Waals surface area contributed by atoms with E-state index in [0.717, 1.165) is 77.0 Å². The molecular formula is C35H60O5. The Hall–Kier alpha value is -2.14. The highest BCUT2D eigenvalue weighted by atomic mass is 16.6. The summed E-state index contributed by atoms with van der Waals surface area (Å²) in [5.74, 6) is -0.626. The van der Waals surface area contributed by atoms with Gasteiger partial charge in [0.05, 0.1) is 6.61 Å². The number of hydrogen-bond donors (Lipinski definition) is 1. The monoisotopic (exact) mass is 560 g/mol. The third kappa shape index (κ3) is 28.9. The molecule has 0 fully saturated rings. The number of esters is 2. The van der Waals surface area contributed by atoms with Crippen LogP contribution in [0.4, 0.5) is 0 Å². The molecule has 0 heterocycles. The van der Waals surface area contributed by atoms with Gasteiger partial charge in [-0.15, -0.1) is 0 Å². The molecule has 0 aliphatic heterocycles. The smallest absolute Gasteiger partial charge is 0.306 e. The molecule has 0 aliphatic rings. The van der Waals surface area contributed by atoms with Gasteiger partial charge in [-0.25, -0.2) is 0 Å². The van der Waals surface area contributed by atoms with Gasteiger partial charge in [0.25, 0.3) is 0 Å². The maximum absolute atomic E-state index is 12.0. The molecule has 0 aromatic rings. The molecule has 0 saturated carbocycles. The van der Waals surface area contributed by atoms with Gasteiger partial charge in [-0.3, -0.25) is 9.59 Å². The maximum atomic E-state index is 12.0. The van der Waals surface area contributed by atoms with Crippen molar-refractivity contribution in [2.75, 3.05) is 13.2 Å². The van der Waals surface area contributed by atoms with Crippen molar-refractivity contribution in [3.05, 3.63) is 48.6 Å². The lowest BCUT2D eigenvalue weighted by Crippen LogP contribution is -2.28. The van der Waals surface area contributed by atoms with Crippen molar-refractivity contribution in [3.8, 4) is 0 Å². The Morgan fingerprint density at radius 2 is 1.07 bits per heavy atom. The molecule has 0 spiro atoms. The van der Waals surface area contributed by atoms with Crippen molar-refractivity contribution in [2.45, 2.75) is 148 Å². The largest absolute Gasteiger partial charge is 0.462 e. The summed E-state index contributed by atoms with van der Waals surface area (Å²) in [7, 11) is 0. The minimum Gasteiger partial charge on any atom is -0.462 e. The van der Waals surface area contributed by atoms with Crippen LogP contribution in [0.1, 0.15) is 142 Å². The molecule has 0 aliphatic carbocycles. The number of rotatable bonds is 28. The summed E-state index contributed by atoms with van der Waals surface area (Å²) in [4.78, 5) is 24.0. The number of ether oxygens (including phenoxy) is 2. The molecule has 1 unspecified atom stereocenters. The third-order valence-electron chi connectivity index (χ3n) is 6.64. The first-order chi connectivity index (χ1) is 19.6. The molecule has 0 amide bonds. The molecule has 230 valence electrons. The van der Waals surface area contributed by atoms with Crippen LogP contribution in [0, 0.1) is 0 Å². The van der Waals surface area contributed by atoms with Gasteiger partial charge in [-0.05, 0) is 51.4 Å². The van der Waals surface area contributed by atoms with Crippen molar-refractivity contribution in [3.63, 3.8) is 0 Å². The summed E-state index contributed by atoms with van der Waals surface area (Å²) in [5.41, 5.74) is 0. The van der Waals surface area contributed by atoms with Gasteiger partial charge in [0.15, 0.2) is 6.10 Å². The van der Waals surface area contributed by atoms with Crippen molar-refractivity contribution < 1.29 is 24.2 Å². The quantitative estimate of drug-likeness (QED) is 0.0586. The highest BCUT2D eigenvalue weighted by Crippen LogP contribution is 2.12. The Bertz CT molecular complexity index is 692. The average molecular weight is 561 g/mol. The predicted molar refractivity (Wildman–Crippen MR) is 168 cm³/mol. The standard InChI is InChI=1S/C35H60O5/c1-3-5-7-9-11-13-14-15-16-17-18-19-20-22-23-25-27-29-34(37)39-32-33(31-36)40-35(38)30-28-26-24-21-12-10-8-6-4-2/h5,7,11,13,15-16,18-19,33,36H,3-4,6,8-10,12,14,17,20-32H2,1-2H3/b7-5+,13-11+,16-15+,19-18+. The van der Waals surface area contributed by atoms with Crippen LogP contribution >= 0.6 is 0 Å². The first-order valence-electron chi connectivity index (χ1n) is 16.2. The summed E-state index contributed by atoms with van der Waals surface area (Å²) in [6, 6.07) is 0.